The van der Waals surface area contributed by atoms with Crippen molar-refractivity contribution >= 4 is 27.7 Å². The number of piperidine rings is 1. The van der Waals surface area contributed by atoms with E-state index in [1.54, 1.807) is 6.07 Å². The van der Waals surface area contributed by atoms with Crippen molar-refractivity contribution in [3.05, 3.63) is 59.7 Å². The highest BCUT2D eigenvalue weighted by Gasteiger charge is 2.29. The molecule has 0 spiro atoms. The van der Waals surface area contributed by atoms with Crippen LogP contribution in [0.15, 0.2) is 47.4 Å². The quantitative estimate of drug-likeness (QED) is 0.699. The van der Waals surface area contributed by atoms with E-state index >= 15 is 0 Å². The monoisotopic (exact) mass is 436 g/mol. The lowest BCUT2D eigenvalue weighted by Crippen LogP contribution is -2.35. The van der Waals surface area contributed by atoms with Crippen LogP contribution in [0.1, 0.15) is 24.8 Å². The number of sulfonamides is 1. The minimum absolute atomic E-state index is 0.0371. The minimum Gasteiger partial charge on any atom is -0.495 e. The normalized spacial score (nSPS) is 15.3. The minimum atomic E-state index is -3.73. The molecule has 2 aromatic rings. The molecule has 30 heavy (non-hydrogen) atoms. The second kappa shape index (κ2) is 9.36. The van der Waals surface area contributed by atoms with Gasteiger partial charge >= 0.3 is 0 Å². The molecule has 160 valence electrons. The number of carbonyl (C=O) groups excluding carboxylic acids is 1. The SMILES string of the molecule is COc1ccc(C=CC(=O)Nc2ccc(F)c(F)c2)cc1S(=O)(=O)N1CCCCC1. The number of benzene rings is 2. The maximum atomic E-state index is 13.2. The Bertz CT molecular complexity index is 1060. The Balaban J connectivity index is 1.80. The Morgan fingerprint density at radius 3 is 2.47 bits per heavy atom. The fourth-order valence-electron chi connectivity index (χ4n) is 3.17. The Morgan fingerprint density at radius 2 is 1.80 bits per heavy atom. The molecule has 3 rings (SSSR count). The molecular weight excluding hydrogens is 414 g/mol. The molecule has 0 saturated carbocycles. The summed E-state index contributed by atoms with van der Waals surface area (Å²) in [6, 6.07) is 7.62. The van der Waals surface area contributed by atoms with Crippen LogP contribution in [0, 0.1) is 11.6 Å². The maximum absolute atomic E-state index is 13.2. The Kier molecular flexibility index (Phi) is 6.84. The van der Waals surface area contributed by atoms with Crippen molar-refractivity contribution in [3.8, 4) is 5.75 Å². The third-order valence-corrected chi connectivity index (χ3v) is 6.65. The zero-order chi connectivity index (χ0) is 21.7. The van der Waals surface area contributed by atoms with E-state index in [-0.39, 0.29) is 16.3 Å². The number of halogens is 2. The molecule has 1 fully saturated rings. The third-order valence-electron chi connectivity index (χ3n) is 4.73. The molecule has 0 aliphatic carbocycles. The number of amides is 1. The zero-order valence-corrected chi connectivity index (χ0v) is 17.2. The van der Waals surface area contributed by atoms with Gasteiger partial charge in [0.1, 0.15) is 10.6 Å². The standard InChI is InChI=1S/C21H22F2N2O4S/c1-29-19-9-5-15(13-20(19)30(27,28)25-11-3-2-4-12-25)6-10-21(26)24-16-7-8-17(22)18(23)14-16/h5-10,13-14H,2-4,11-12H2,1H3,(H,24,26). The number of ether oxygens (including phenoxy) is 1. The van der Waals surface area contributed by atoms with Gasteiger partial charge in [0.25, 0.3) is 0 Å². The summed E-state index contributed by atoms with van der Waals surface area (Å²) in [5, 5.41) is 2.42. The first-order chi connectivity index (χ1) is 14.3. The van der Waals surface area contributed by atoms with Crippen molar-refractivity contribution < 1.29 is 26.7 Å². The highest BCUT2D eigenvalue weighted by Crippen LogP contribution is 2.30. The van der Waals surface area contributed by atoms with Crippen molar-refractivity contribution in [3.63, 3.8) is 0 Å². The number of methoxy groups -OCH3 is 1. The molecule has 0 bridgehead atoms. The van der Waals surface area contributed by atoms with Crippen LogP contribution in [-0.2, 0) is 14.8 Å². The van der Waals surface area contributed by atoms with Crippen LogP contribution in [0.25, 0.3) is 6.08 Å². The summed E-state index contributed by atoms with van der Waals surface area (Å²) in [7, 11) is -2.33. The maximum Gasteiger partial charge on any atom is 0.248 e. The Morgan fingerprint density at radius 1 is 1.07 bits per heavy atom. The highest BCUT2D eigenvalue weighted by atomic mass is 32.2. The topological polar surface area (TPSA) is 75.7 Å². The molecule has 6 nitrogen and oxygen atoms in total. The van der Waals surface area contributed by atoms with Gasteiger partial charge in [0.15, 0.2) is 11.6 Å². The molecule has 2 aromatic carbocycles. The van der Waals surface area contributed by atoms with Gasteiger partial charge in [-0.15, -0.1) is 0 Å². The van der Waals surface area contributed by atoms with Crippen molar-refractivity contribution in [1.29, 1.82) is 0 Å². The van der Waals surface area contributed by atoms with E-state index in [4.69, 9.17) is 4.74 Å². The molecule has 0 radical (unpaired) electrons. The fourth-order valence-corrected chi connectivity index (χ4v) is 4.88. The van der Waals surface area contributed by atoms with Gasteiger partial charge in [-0.2, -0.15) is 4.31 Å². The number of carbonyl (C=O) groups is 1. The molecule has 1 amide bonds. The summed E-state index contributed by atoms with van der Waals surface area (Å²) >= 11 is 0. The number of rotatable bonds is 6. The zero-order valence-electron chi connectivity index (χ0n) is 16.4. The summed E-state index contributed by atoms with van der Waals surface area (Å²) in [6.45, 7) is 0.921. The molecule has 1 heterocycles. The van der Waals surface area contributed by atoms with E-state index in [9.17, 15) is 22.0 Å². The van der Waals surface area contributed by atoms with Crippen molar-refractivity contribution in [2.75, 3.05) is 25.5 Å². The van der Waals surface area contributed by atoms with Gasteiger partial charge in [-0.25, -0.2) is 17.2 Å². The number of nitrogens with zero attached hydrogens (tertiary/aromatic N) is 1. The number of nitrogens with one attached hydrogen (secondary N) is 1. The van der Waals surface area contributed by atoms with Crippen LogP contribution in [0.5, 0.6) is 5.75 Å². The van der Waals surface area contributed by atoms with Gasteiger partial charge in [-0.3, -0.25) is 4.79 Å². The largest absolute Gasteiger partial charge is 0.495 e. The first-order valence-electron chi connectivity index (χ1n) is 9.43. The molecule has 0 aromatic heterocycles. The van der Waals surface area contributed by atoms with Crippen LogP contribution in [0.4, 0.5) is 14.5 Å². The van der Waals surface area contributed by atoms with E-state index in [1.807, 2.05) is 0 Å². The van der Waals surface area contributed by atoms with Crippen molar-refractivity contribution in [1.82, 2.24) is 4.31 Å². The molecule has 0 unspecified atom stereocenters. The third kappa shape index (κ3) is 5.03. The predicted octanol–water partition coefficient (Wildman–Crippen LogP) is 3.80. The van der Waals surface area contributed by atoms with Crippen LogP contribution in [-0.4, -0.2) is 38.8 Å². The van der Waals surface area contributed by atoms with Crippen molar-refractivity contribution in [2.24, 2.45) is 0 Å². The molecule has 1 N–H and O–H groups in total. The van der Waals surface area contributed by atoms with E-state index in [2.05, 4.69) is 5.32 Å². The van der Waals surface area contributed by atoms with E-state index in [1.165, 1.54) is 41.8 Å². The molecule has 1 saturated heterocycles. The summed E-state index contributed by atoms with van der Waals surface area (Å²) < 4.78 is 59.0. The van der Waals surface area contributed by atoms with Gasteiger partial charge in [-0.05, 0) is 48.7 Å². The number of hydrogen-bond donors (Lipinski definition) is 1. The van der Waals surface area contributed by atoms with E-state index in [0.29, 0.717) is 18.7 Å². The molecular formula is C21H22F2N2O4S. The summed E-state index contributed by atoms with van der Waals surface area (Å²) in [6.07, 6.45) is 5.24. The Labute approximate surface area is 174 Å². The molecule has 1 aliphatic heterocycles. The molecule has 0 atom stereocenters. The first-order valence-corrected chi connectivity index (χ1v) is 10.9. The highest BCUT2D eigenvalue weighted by molar-refractivity contribution is 7.89. The lowest BCUT2D eigenvalue weighted by Gasteiger charge is -2.26. The first kappa shape index (κ1) is 21.9. The second-order valence-electron chi connectivity index (χ2n) is 6.83. The fraction of sp³-hybridized carbons (Fsp3) is 0.286. The lowest BCUT2D eigenvalue weighted by atomic mass is 10.2. The average molecular weight is 436 g/mol. The molecule has 1 aliphatic rings. The van der Waals surface area contributed by atoms with Crippen LogP contribution in [0.2, 0.25) is 0 Å². The van der Waals surface area contributed by atoms with Gasteiger partial charge in [-0.1, -0.05) is 12.5 Å². The van der Waals surface area contributed by atoms with Crippen LogP contribution < -0.4 is 10.1 Å². The van der Waals surface area contributed by atoms with Crippen molar-refractivity contribution in [2.45, 2.75) is 24.2 Å². The smallest absolute Gasteiger partial charge is 0.248 e. The van der Waals surface area contributed by atoms with Crippen LogP contribution in [0.3, 0.4) is 0 Å². The van der Waals surface area contributed by atoms with Gasteiger partial charge < -0.3 is 10.1 Å². The number of anilines is 1. The Hall–Kier alpha value is -2.78. The second-order valence-corrected chi connectivity index (χ2v) is 8.73. The summed E-state index contributed by atoms with van der Waals surface area (Å²) in [5.41, 5.74) is 0.582. The van der Waals surface area contributed by atoms with Gasteiger partial charge in [0.2, 0.25) is 15.9 Å². The summed E-state index contributed by atoms with van der Waals surface area (Å²) in [4.78, 5) is 12.1. The summed E-state index contributed by atoms with van der Waals surface area (Å²) in [5.74, 6) is -2.43. The van der Waals surface area contributed by atoms with E-state index < -0.39 is 27.6 Å². The van der Waals surface area contributed by atoms with E-state index in [0.717, 1.165) is 31.4 Å². The average Bonchev–Trinajstić information content (AvgIpc) is 2.75. The number of hydrogen-bond acceptors (Lipinski definition) is 4. The van der Waals surface area contributed by atoms with Crippen LogP contribution >= 0.6 is 0 Å². The molecule has 9 heteroatoms. The van der Waals surface area contributed by atoms with Gasteiger partial charge in [0, 0.05) is 30.9 Å². The lowest BCUT2D eigenvalue weighted by molar-refractivity contribution is -0.111. The predicted molar refractivity (Wildman–Crippen MR) is 110 cm³/mol. The van der Waals surface area contributed by atoms with Gasteiger partial charge in [0.05, 0.1) is 7.11 Å².